The molecule has 2 N–H and O–H groups in total. The fourth-order valence-corrected chi connectivity index (χ4v) is 1.74. The third-order valence-electron chi connectivity index (χ3n) is 2.91. The van der Waals surface area contributed by atoms with E-state index in [4.69, 9.17) is 4.52 Å². The Hall–Kier alpha value is -1.85. The number of carbonyl (C=O) groups is 2. The Balaban J connectivity index is 2.02. The molecule has 1 saturated carbocycles. The fraction of sp³-hybridized carbons (Fsp3) is 0.583. The van der Waals surface area contributed by atoms with Crippen molar-refractivity contribution in [2.75, 3.05) is 5.32 Å². The van der Waals surface area contributed by atoms with E-state index in [9.17, 15) is 9.59 Å². The van der Waals surface area contributed by atoms with Gasteiger partial charge in [-0.25, -0.2) is 0 Å². The highest BCUT2D eigenvalue weighted by Crippen LogP contribution is 2.46. The third kappa shape index (κ3) is 2.37. The number of rotatable bonds is 4. The minimum Gasteiger partial charge on any atom is -0.360 e. The quantitative estimate of drug-likeness (QED) is 0.788. The maximum absolute atomic E-state index is 12.1. The molecule has 98 valence electrons. The van der Waals surface area contributed by atoms with E-state index in [2.05, 4.69) is 15.8 Å². The average Bonchev–Trinajstić information content (AvgIpc) is 2.98. The van der Waals surface area contributed by atoms with Crippen LogP contribution >= 0.6 is 0 Å². The van der Waals surface area contributed by atoms with Crippen molar-refractivity contribution in [2.45, 2.75) is 39.7 Å². The van der Waals surface area contributed by atoms with E-state index < -0.39 is 5.41 Å². The predicted octanol–water partition coefficient (Wildman–Crippen LogP) is 1.23. The summed E-state index contributed by atoms with van der Waals surface area (Å²) in [7, 11) is 0. The predicted molar refractivity (Wildman–Crippen MR) is 64.8 cm³/mol. The maximum atomic E-state index is 12.1. The second-order valence-corrected chi connectivity index (χ2v) is 4.99. The van der Waals surface area contributed by atoms with E-state index >= 15 is 0 Å². The van der Waals surface area contributed by atoms with Crippen LogP contribution in [0.4, 0.5) is 5.82 Å². The molecule has 1 fully saturated rings. The van der Waals surface area contributed by atoms with Crippen molar-refractivity contribution in [3.63, 3.8) is 0 Å². The number of nitrogens with zero attached hydrogens (tertiary/aromatic N) is 1. The Kier molecular flexibility index (Phi) is 3.11. The molecule has 0 aromatic carbocycles. The number of aromatic nitrogens is 1. The highest BCUT2D eigenvalue weighted by Gasteiger charge is 2.56. The van der Waals surface area contributed by atoms with Crippen molar-refractivity contribution in [3.8, 4) is 0 Å². The molecule has 1 aliphatic carbocycles. The van der Waals surface area contributed by atoms with Crippen LogP contribution in [0.25, 0.3) is 0 Å². The Morgan fingerprint density at radius 2 is 2.06 bits per heavy atom. The van der Waals surface area contributed by atoms with E-state index in [-0.39, 0.29) is 17.9 Å². The number of hydrogen-bond donors (Lipinski definition) is 2. The van der Waals surface area contributed by atoms with E-state index in [0.29, 0.717) is 24.4 Å². The van der Waals surface area contributed by atoms with Crippen LogP contribution < -0.4 is 10.6 Å². The molecule has 6 nitrogen and oxygen atoms in total. The molecule has 0 aliphatic heterocycles. The van der Waals surface area contributed by atoms with Crippen LogP contribution in [0.1, 0.15) is 32.4 Å². The van der Waals surface area contributed by atoms with Gasteiger partial charge in [0.2, 0.25) is 11.8 Å². The first kappa shape index (κ1) is 12.6. The second-order valence-electron chi connectivity index (χ2n) is 4.99. The lowest BCUT2D eigenvalue weighted by Gasteiger charge is -2.16. The van der Waals surface area contributed by atoms with Crippen molar-refractivity contribution in [2.24, 2.45) is 5.41 Å². The number of amides is 2. The van der Waals surface area contributed by atoms with Gasteiger partial charge in [0.1, 0.15) is 11.2 Å². The molecule has 1 aromatic rings. The van der Waals surface area contributed by atoms with Crippen LogP contribution in [0.2, 0.25) is 0 Å². The van der Waals surface area contributed by atoms with Gasteiger partial charge in [0.15, 0.2) is 5.82 Å². The number of carbonyl (C=O) groups excluding carboxylic acids is 2. The smallest absolute Gasteiger partial charge is 0.241 e. The van der Waals surface area contributed by atoms with Gasteiger partial charge in [-0.15, -0.1) is 0 Å². The molecule has 18 heavy (non-hydrogen) atoms. The number of aryl methyl sites for hydroxylation is 1. The van der Waals surface area contributed by atoms with Crippen LogP contribution in [0.5, 0.6) is 0 Å². The first-order valence-electron chi connectivity index (χ1n) is 6.00. The van der Waals surface area contributed by atoms with E-state index in [1.165, 1.54) is 0 Å². The molecule has 1 heterocycles. The monoisotopic (exact) mass is 251 g/mol. The fourth-order valence-electron chi connectivity index (χ4n) is 1.74. The molecule has 0 unspecified atom stereocenters. The topological polar surface area (TPSA) is 84.2 Å². The number of hydrogen-bond acceptors (Lipinski definition) is 4. The van der Waals surface area contributed by atoms with Crippen molar-refractivity contribution < 1.29 is 14.1 Å². The summed E-state index contributed by atoms with van der Waals surface area (Å²) in [5.74, 6) is 0.437. The Morgan fingerprint density at radius 3 is 2.50 bits per heavy atom. The second kappa shape index (κ2) is 4.44. The third-order valence-corrected chi connectivity index (χ3v) is 2.91. The Bertz CT molecular complexity index is 475. The summed E-state index contributed by atoms with van der Waals surface area (Å²) in [6.07, 6.45) is 1.16. The summed E-state index contributed by atoms with van der Waals surface area (Å²) in [5.41, 5.74) is -0.920. The normalized spacial score (nSPS) is 16.4. The van der Waals surface area contributed by atoms with Gasteiger partial charge in [-0.2, -0.15) is 0 Å². The van der Waals surface area contributed by atoms with Gasteiger partial charge in [0.05, 0.1) is 0 Å². The minimum absolute atomic E-state index is 0.0251. The summed E-state index contributed by atoms with van der Waals surface area (Å²) in [6, 6.07) is 1.64. The maximum Gasteiger partial charge on any atom is 0.241 e. The molecule has 0 atom stereocenters. The summed E-state index contributed by atoms with van der Waals surface area (Å²) < 4.78 is 4.86. The van der Waals surface area contributed by atoms with Gasteiger partial charge < -0.3 is 15.2 Å². The SMILES string of the molecule is Cc1cc(NC(=O)C2(C(=O)NC(C)C)CC2)no1. The molecule has 0 radical (unpaired) electrons. The lowest BCUT2D eigenvalue weighted by molar-refractivity contribution is -0.134. The van der Waals surface area contributed by atoms with Crippen LogP contribution in [0.3, 0.4) is 0 Å². The summed E-state index contributed by atoms with van der Waals surface area (Å²) in [6.45, 7) is 5.47. The lowest BCUT2D eigenvalue weighted by Crippen LogP contribution is -2.42. The molecule has 1 aliphatic rings. The van der Waals surface area contributed by atoms with Crippen molar-refractivity contribution in [1.82, 2.24) is 10.5 Å². The van der Waals surface area contributed by atoms with Crippen LogP contribution in [0, 0.1) is 12.3 Å². The van der Waals surface area contributed by atoms with Gasteiger partial charge >= 0.3 is 0 Å². The minimum atomic E-state index is -0.920. The van der Waals surface area contributed by atoms with Gasteiger partial charge in [0.25, 0.3) is 0 Å². The molecule has 0 saturated heterocycles. The van der Waals surface area contributed by atoms with Crippen LogP contribution in [-0.2, 0) is 9.59 Å². The van der Waals surface area contributed by atoms with Crippen molar-refractivity contribution >= 4 is 17.6 Å². The highest BCUT2D eigenvalue weighted by molar-refractivity contribution is 6.12. The van der Waals surface area contributed by atoms with Gasteiger partial charge in [0, 0.05) is 12.1 Å². The summed E-state index contributed by atoms with van der Waals surface area (Å²) in [5, 5.41) is 9.07. The summed E-state index contributed by atoms with van der Waals surface area (Å²) >= 11 is 0. The van der Waals surface area contributed by atoms with Crippen molar-refractivity contribution in [1.29, 1.82) is 0 Å². The van der Waals surface area contributed by atoms with E-state index in [1.807, 2.05) is 13.8 Å². The molecular weight excluding hydrogens is 234 g/mol. The van der Waals surface area contributed by atoms with E-state index in [0.717, 1.165) is 0 Å². The van der Waals surface area contributed by atoms with Crippen LogP contribution in [0.15, 0.2) is 10.6 Å². The van der Waals surface area contributed by atoms with Gasteiger partial charge in [-0.3, -0.25) is 9.59 Å². The first-order valence-corrected chi connectivity index (χ1v) is 6.00. The van der Waals surface area contributed by atoms with E-state index in [1.54, 1.807) is 13.0 Å². The highest BCUT2D eigenvalue weighted by atomic mass is 16.5. The lowest BCUT2D eigenvalue weighted by atomic mass is 10.0. The summed E-state index contributed by atoms with van der Waals surface area (Å²) in [4.78, 5) is 24.0. The molecular formula is C12H17N3O3. The zero-order valence-electron chi connectivity index (χ0n) is 10.7. The van der Waals surface area contributed by atoms with Gasteiger partial charge in [-0.05, 0) is 33.6 Å². The number of nitrogens with one attached hydrogen (secondary N) is 2. The van der Waals surface area contributed by atoms with Crippen LogP contribution in [-0.4, -0.2) is 23.0 Å². The molecule has 0 spiro atoms. The molecule has 6 heteroatoms. The first-order chi connectivity index (χ1) is 8.44. The zero-order chi connectivity index (χ0) is 13.3. The Labute approximate surface area is 105 Å². The average molecular weight is 251 g/mol. The zero-order valence-corrected chi connectivity index (χ0v) is 10.7. The molecule has 0 bridgehead atoms. The molecule has 2 amide bonds. The number of anilines is 1. The van der Waals surface area contributed by atoms with Gasteiger partial charge in [-0.1, -0.05) is 5.16 Å². The standard InChI is InChI=1S/C12H17N3O3/c1-7(2)13-10(16)12(4-5-12)11(17)14-9-6-8(3)18-15-9/h6-7H,4-5H2,1-3H3,(H,13,16)(H,14,15,17). The molecule has 1 aromatic heterocycles. The van der Waals surface area contributed by atoms with Crippen molar-refractivity contribution in [3.05, 3.63) is 11.8 Å². The Morgan fingerprint density at radius 1 is 1.39 bits per heavy atom. The largest absolute Gasteiger partial charge is 0.360 e. The molecule has 2 rings (SSSR count).